The number of sulfonamides is 1. The van der Waals surface area contributed by atoms with Crippen molar-refractivity contribution in [1.29, 1.82) is 0 Å². The topological polar surface area (TPSA) is 87.9 Å². The van der Waals surface area contributed by atoms with Crippen LogP contribution < -0.4 is 15.3 Å². The predicted octanol–water partition coefficient (Wildman–Crippen LogP) is 1.17. The second-order valence-corrected chi connectivity index (χ2v) is 8.62. The van der Waals surface area contributed by atoms with Gasteiger partial charge in [-0.15, -0.1) is 0 Å². The summed E-state index contributed by atoms with van der Waals surface area (Å²) in [5.41, 5.74) is -0.759. The molecule has 0 radical (unpaired) electrons. The summed E-state index contributed by atoms with van der Waals surface area (Å²) in [6.45, 7) is 7.64. The van der Waals surface area contributed by atoms with Crippen LogP contribution in [0.15, 0.2) is 23.1 Å². The molecule has 23 heavy (non-hydrogen) atoms. The van der Waals surface area contributed by atoms with Crippen LogP contribution in [0.4, 0.5) is 0 Å². The number of nitrogens with two attached hydrogens (primary N) is 1. The van der Waals surface area contributed by atoms with Crippen molar-refractivity contribution in [3.63, 3.8) is 0 Å². The second-order valence-electron chi connectivity index (χ2n) is 7.12. The van der Waals surface area contributed by atoms with Gasteiger partial charge in [0.25, 0.3) is 0 Å². The van der Waals surface area contributed by atoms with Crippen LogP contribution in [0, 0.1) is 0 Å². The Bertz CT molecular complexity index is 711. The van der Waals surface area contributed by atoms with Crippen molar-refractivity contribution in [2.45, 2.75) is 62.7 Å². The van der Waals surface area contributed by atoms with Crippen molar-refractivity contribution in [2.24, 2.45) is 5.14 Å². The average Bonchev–Trinajstić information content (AvgIpc) is 3.15. The van der Waals surface area contributed by atoms with E-state index in [1.165, 1.54) is 0 Å². The van der Waals surface area contributed by atoms with E-state index in [1.807, 2.05) is 27.7 Å². The lowest BCUT2D eigenvalue weighted by atomic mass is 9.79. The molecule has 1 saturated heterocycles. The van der Waals surface area contributed by atoms with Gasteiger partial charge >= 0.3 is 7.12 Å². The zero-order chi connectivity index (χ0) is 17.0. The van der Waals surface area contributed by atoms with E-state index in [1.54, 1.807) is 18.2 Å². The van der Waals surface area contributed by atoms with Crippen molar-refractivity contribution >= 4 is 22.6 Å². The van der Waals surface area contributed by atoms with Gasteiger partial charge in [-0.2, -0.15) is 0 Å². The van der Waals surface area contributed by atoms with Gasteiger partial charge < -0.3 is 14.0 Å². The Balaban J connectivity index is 2.06. The zero-order valence-electron chi connectivity index (χ0n) is 13.8. The molecule has 1 saturated carbocycles. The van der Waals surface area contributed by atoms with Crippen LogP contribution in [0.3, 0.4) is 0 Å². The first kappa shape index (κ1) is 16.8. The highest BCUT2D eigenvalue weighted by Crippen LogP contribution is 2.38. The highest BCUT2D eigenvalue weighted by atomic mass is 32.2. The van der Waals surface area contributed by atoms with Crippen molar-refractivity contribution in [3.8, 4) is 5.75 Å². The van der Waals surface area contributed by atoms with Gasteiger partial charge in [-0.05, 0) is 46.6 Å². The monoisotopic (exact) mass is 339 g/mol. The first-order valence-electron chi connectivity index (χ1n) is 7.69. The zero-order valence-corrected chi connectivity index (χ0v) is 14.6. The Morgan fingerprint density at radius 2 is 1.74 bits per heavy atom. The quantitative estimate of drug-likeness (QED) is 0.832. The fourth-order valence-electron chi connectivity index (χ4n) is 2.45. The molecule has 0 unspecified atom stereocenters. The van der Waals surface area contributed by atoms with Crippen LogP contribution in [0.5, 0.6) is 5.75 Å². The molecule has 2 aliphatic rings. The van der Waals surface area contributed by atoms with E-state index in [9.17, 15) is 8.42 Å². The number of primary sulfonamides is 1. The van der Waals surface area contributed by atoms with E-state index in [0.29, 0.717) is 5.46 Å². The number of benzene rings is 1. The summed E-state index contributed by atoms with van der Waals surface area (Å²) < 4.78 is 41.9. The molecule has 1 aromatic rings. The molecule has 2 fully saturated rings. The van der Waals surface area contributed by atoms with E-state index in [4.69, 9.17) is 19.2 Å². The second kappa shape index (κ2) is 5.21. The van der Waals surface area contributed by atoms with Crippen LogP contribution in [-0.2, 0) is 19.3 Å². The Kier molecular flexibility index (Phi) is 3.79. The number of hydrogen-bond acceptors (Lipinski definition) is 5. The van der Waals surface area contributed by atoms with E-state index in [0.717, 1.165) is 12.8 Å². The number of ether oxygens (including phenoxy) is 1. The van der Waals surface area contributed by atoms with Crippen molar-refractivity contribution < 1.29 is 22.5 Å². The lowest BCUT2D eigenvalue weighted by Crippen LogP contribution is -2.41. The summed E-state index contributed by atoms with van der Waals surface area (Å²) in [7, 11) is -4.79. The molecular weight excluding hydrogens is 317 g/mol. The maximum absolute atomic E-state index is 12.1. The maximum atomic E-state index is 12.1. The third-order valence-corrected chi connectivity index (χ3v) is 5.62. The SMILES string of the molecule is CC1(C)OB(c2cccc(OC3CC3)c2S(N)(=O)=O)OC1(C)C. The van der Waals surface area contributed by atoms with E-state index in [2.05, 4.69) is 0 Å². The van der Waals surface area contributed by atoms with E-state index in [-0.39, 0.29) is 16.7 Å². The predicted molar refractivity (Wildman–Crippen MR) is 87.2 cm³/mol. The van der Waals surface area contributed by atoms with E-state index < -0.39 is 28.3 Å². The average molecular weight is 339 g/mol. The molecule has 1 heterocycles. The van der Waals surface area contributed by atoms with Gasteiger partial charge in [0, 0.05) is 5.46 Å². The highest BCUT2D eigenvalue weighted by molar-refractivity contribution is 7.89. The molecule has 0 aromatic heterocycles. The van der Waals surface area contributed by atoms with Gasteiger partial charge in [-0.3, -0.25) is 0 Å². The van der Waals surface area contributed by atoms with Crippen LogP contribution in [-0.4, -0.2) is 32.8 Å². The van der Waals surface area contributed by atoms with Crippen LogP contribution in [0.25, 0.3) is 0 Å². The Labute approximate surface area is 137 Å². The standard InChI is InChI=1S/C15H22BNO5S/c1-14(2)15(3,4)22-16(21-14)11-6-5-7-12(20-10-8-9-10)13(11)23(17,18)19/h5-7,10H,8-9H2,1-4H3,(H2,17,18,19). The summed E-state index contributed by atoms with van der Waals surface area (Å²) in [5, 5.41) is 5.44. The first-order valence-corrected chi connectivity index (χ1v) is 9.24. The van der Waals surface area contributed by atoms with Gasteiger partial charge in [0.05, 0.1) is 17.3 Å². The number of rotatable bonds is 4. The molecule has 0 atom stereocenters. The minimum atomic E-state index is -3.98. The summed E-state index contributed by atoms with van der Waals surface area (Å²) in [6.07, 6.45) is 1.90. The van der Waals surface area contributed by atoms with E-state index >= 15 is 0 Å². The van der Waals surface area contributed by atoms with Gasteiger partial charge in [-0.1, -0.05) is 12.1 Å². The lowest BCUT2D eigenvalue weighted by molar-refractivity contribution is 0.00578. The fraction of sp³-hybridized carbons (Fsp3) is 0.600. The first-order chi connectivity index (χ1) is 10.5. The molecule has 3 rings (SSSR count). The minimum absolute atomic E-state index is 0.0506. The van der Waals surface area contributed by atoms with Crippen molar-refractivity contribution in [3.05, 3.63) is 18.2 Å². The van der Waals surface area contributed by atoms with Crippen molar-refractivity contribution in [1.82, 2.24) is 0 Å². The molecule has 1 aliphatic heterocycles. The summed E-state index contributed by atoms with van der Waals surface area (Å²) in [6, 6.07) is 5.00. The lowest BCUT2D eigenvalue weighted by Gasteiger charge is -2.32. The van der Waals surface area contributed by atoms with Crippen molar-refractivity contribution in [2.75, 3.05) is 0 Å². The molecule has 0 spiro atoms. The third-order valence-electron chi connectivity index (χ3n) is 4.62. The smallest absolute Gasteiger partial charge is 0.489 e. The molecular formula is C15H22BNO5S. The van der Waals surface area contributed by atoms with Crippen LogP contribution >= 0.6 is 0 Å². The highest BCUT2D eigenvalue weighted by Gasteiger charge is 2.53. The Morgan fingerprint density at radius 1 is 1.17 bits per heavy atom. The van der Waals surface area contributed by atoms with Crippen LogP contribution in [0.1, 0.15) is 40.5 Å². The maximum Gasteiger partial charge on any atom is 0.496 e. The summed E-state index contributed by atoms with van der Waals surface area (Å²) >= 11 is 0. The molecule has 8 heteroatoms. The summed E-state index contributed by atoms with van der Waals surface area (Å²) in [4.78, 5) is -0.0506. The minimum Gasteiger partial charge on any atom is -0.489 e. The number of hydrogen-bond donors (Lipinski definition) is 1. The largest absolute Gasteiger partial charge is 0.496 e. The third kappa shape index (κ3) is 3.13. The van der Waals surface area contributed by atoms with Gasteiger partial charge in [0.1, 0.15) is 10.6 Å². The fourth-order valence-corrected chi connectivity index (χ4v) is 3.34. The van der Waals surface area contributed by atoms with Gasteiger partial charge in [0.2, 0.25) is 10.0 Å². The molecule has 0 amide bonds. The van der Waals surface area contributed by atoms with Gasteiger partial charge in [0.15, 0.2) is 0 Å². The Hall–Kier alpha value is -1.09. The molecule has 126 valence electrons. The van der Waals surface area contributed by atoms with Crippen LogP contribution in [0.2, 0.25) is 0 Å². The Morgan fingerprint density at radius 3 is 2.22 bits per heavy atom. The van der Waals surface area contributed by atoms with Gasteiger partial charge in [-0.25, -0.2) is 13.6 Å². The molecule has 6 nitrogen and oxygen atoms in total. The molecule has 2 N–H and O–H groups in total. The normalized spacial score (nSPS) is 23.1. The molecule has 0 bridgehead atoms. The summed E-state index contributed by atoms with van der Waals surface area (Å²) in [5.74, 6) is 0.266. The molecule has 1 aromatic carbocycles. The molecule has 1 aliphatic carbocycles.